The van der Waals surface area contributed by atoms with Crippen LogP contribution in [0.1, 0.15) is 37.8 Å². The first-order chi connectivity index (χ1) is 8.31. The maximum Gasteiger partial charge on any atom is 0.126 e. The molecule has 1 unspecified atom stereocenters. The topological polar surface area (TPSA) is 43.0 Å². The zero-order chi connectivity index (χ0) is 12.1. The van der Waals surface area contributed by atoms with Crippen LogP contribution in [-0.4, -0.2) is 16.1 Å². The van der Waals surface area contributed by atoms with Crippen LogP contribution < -0.4 is 5.32 Å². The van der Waals surface area contributed by atoms with Crippen molar-refractivity contribution in [3.8, 4) is 0 Å². The minimum absolute atomic E-state index is 0.192. The van der Waals surface area contributed by atoms with Crippen LogP contribution in [-0.2, 0) is 6.54 Å². The second-order valence-corrected chi connectivity index (χ2v) is 4.18. The summed E-state index contributed by atoms with van der Waals surface area (Å²) in [7, 11) is 0. The van der Waals surface area contributed by atoms with Crippen molar-refractivity contribution in [2.75, 3.05) is 6.54 Å². The van der Waals surface area contributed by atoms with E-state index in [9.17, 15) is 0 Å². The quantitative estimate of drug-likeness (QED) is 0.780. The van der Waals surface area contributed by atoms with E-state index in [1.165, 1.54) is 0 Å². The third-order valence-corrected chi connectivity index (χ3v) is 2.79. The number of nitrogens with one attached hydrogen (secondary N) is 1. The van der Waals surface area contributed by atoms with Crippen molar-refractivity contribution in [3.05, 3.63) is 42.4 Å². The minimum Gasteiger partial charge on any atom is -0.467 e. The van der Waals surface area contributed by atoms with Gasteiger partial charge in [-0.25, -0.2) is 4.98 Å². The molecule has 0 aliphatic rings. The maximum atomic E-state index is 5.39. The second-order valence-electron chi connectivity index (χ2n) is 4.18. The molecule has 0 amide bonds. The van der Waals surface area contributed by atoms with E-state index < -0.39 is 0 Å². The van der Waals surface area contributed by atoms with Crippen molar-refractivity contribution in [1.82, 2.24) is 14.9 Å². The molecule has 0 aliphatic carbocycles. The Morgan fingerprint density at radius 3 is 3.12 bits per heavy atom. The van der Waals surface area contributed by atoms with Crippen molar-refractivity contribution in [1.29, 1.82) is 0 Å². The molecule has 0 radical (unpaired) electrons. The summed E-state index contributed by atoms with van der Waals surface area (Å²) in [6, 6.07) is 4.09. The second kappa shape index (κ2) is 5.68. The zero-order valence-corrected chi connectivity index (χ0v) is 10.4. The van der Waals surface area contributed by atoms with Gasteiger partial charge in [0.15, 0.2) is 0 Å². The zero-order valence-electron chi connectivity index (χ0n) is 10.4. The van der Waals surface area contributed by atoms with Crippen LogP contribution in [0.2, 0.25) is 0 Å². The summed E-state index contributed by atoms with van der Waals surface area (Å²) >= 11 is 0. The molecule has 2 aromatic heterocycles. The van der Waals surface area contributed by atoms with E-state index in [0.717, 1.165) is 31.0 Å². The number of furan rings is 1. The summed E-state index contributed by atoms with van der Waals surface area (Å²) in [5.41, 5.74) is 1.07. The van der Waals surface area contributed by atoms with E-state index in [1.54, 1.807) is 6.26 Å². The Hall–Kier alpha value is -1.55. The van der Waals surface area contributed by atoms with Gasteiger partial charge in [0.25, 0.3) is 0 Å². The third kappa shape index (κ3) is 2.97. The van der Waals surface area contributed by atoms with E-state index in [4.69, 9.17) is 4.42 Å². The predicted octanol–water partition coefficient (Wildman–Crippen LogP) is 2.59. The summed E-state index contributed by atoms with van der Waals surface area (Å²) < 4.78 is 7.46. The van der Waals surface area contributed by atoms with Crippen molar-refractivity contribution >= 4 is 0 Å². The van der Waals surface area contributed by atoms with Gasteiger partial charge in [0.1, 0.15) is 5.76 Å². The highest BCUT2D eigenvalue weighted by atomic mass is 16.3. The number of nitrogens with zero attached hydrogens (tertiary/aromatic N) is 2. The van der Waals surface area contributed by atoms with Gasteiger partial charge in [-0.1, -0.05) is 6.92 Å². The van der Waals surface area contributed by atoms with Crippen molar-refractivity contribution in [2.24, 2.45) is 0 Å². The maximum absolute atomic E-state index is 5.39. The predicted molar refractivity (Wildman–Crippen MR) is 66.7 cm³/mol. The minimum atomic E-state index is 0.192. The molecule has 4 nitrogen and oxygen atoms in total. The fourth-order valence-electron chi connectivity index (χ4n) is 1.75. The molecule has 1 N–H and O–H groups in total. The molecule has 17 heavy (non-hydrogen) atoms. The number of rotatable bonds is 6. The molecule has 0 spiro atoms. The van der Waals surface area contributed by atoms with Crippen LogP contribution in [0.3, 0.4) is 0 Å². The average molecular weight is 233 g/mol. The average Bonchev–Trinajstić information content (AvgIpc) is 3.00. The van der Waals surface area contributed by atoms with Crippen LogP contribution in [0, 0.1) is 0 Å². The molecule has 0 aromatic carbocycles. The van der Waals surface area contributed by atoms with E-state index in [0.29, 0.717) is 0 Å². The fourth-order valence-corrected chi connectivity index (χ4v) is 1.75. The fraction of sp³-hybridized carbons (Fsp3) is 0.462. The molecule has 0 saturated heterocycles. The van der Waals surface area contributed by atoms with E-state index >= 15 is 0 Å². The number of hydrogen-bond acceptors (Lipinski definition) is 3. The van der Waals surface area contributed by atoms with Gasteiger partial charge in [0.05, 0.1) is 24.3 Å². The van der Waals surface area contributed by atoms with Gasteiger partial charge in [-0.15, -0.1) is 0 Å². The normalized spacial score (nSPS) is 12.8. The van der Waals surface area contributed by atoms with Crippen molar-refractivity contribution < 1.29 is 4.42 Å². The smallest absolute Gasteiger partial charge is 0.126 e. The summed E-state index contributed by atoms with van der Waals surface area (Å²) in [4.78, 5) is 4.38. The first kappa shape index (κ1) is 11.9. The summed E-state index contributed by atoms with van der Waals surface area (Å²) in [5, 5.41) is 3.34. The summed E-state index contributed by atoms with van der Waals surface area (Å²) in [6.45, 7) is 6.11. The number of hydrogen-bond donors (Lipinski definition) is 1. The van der Waals surface area contributed by atoms with Crippen LogP contribution in [0.15, 0.2) is 35.3 Å². The first-order valence-electron chi connectivity index (χ1n) is 6.07. The lowest BCUT2D eigenvalue weighted by Gasteiger charge is -2.09. The molecule has 0 fully saturated rings. The highest BCUT2D eigenvalue weighted by molar-refractivity contribution is 5.07. The SMILES string of the molecule is CCCNCc1cn(C(C)c2ccco2)cn1. The lowest BCUT2D eigenvalue weighted by atomic mass is 10.2. The molecule has 1 atom stereocenters. The van der Waals surface area contributed by atoms with Crippen LogP contribution in [0.5, 0.6) is 0 Å². The van der Waals surface area contributed by atoms with Gasteiger partial charge in [-0.3, -0.25) is 0 Å². The largest absolute Gasteiger partial charge is 0.467 e. The number of aromatic nitrogens is 2. The Kier molecular flexibility index (Phi) is 3.98. The van der Waals surface area contributed by atoms with Gasteiger partial charge < -0.3 is 14.3 Å². The molecule has 2 heterocycles. The Balaban J connectivity index is 1.98. The monoisotopic (exact) mass is 233 g/mol. The van der Waals surface area contributed by atoms with E-state index in [2.05, 4.69) is 34.9 Å². The molecule has 0 bridgehead atoms. The Labute approximate surface area is 102 Å². The van der Waals surface area contributed by atoms with E-state index in [1.807, 2.05) is 18.5 Å². The molecular weight excluding hydrogens is 214 g/mol. The van der Waals surface area contributed by atoms with Gasteiger partial charge >= 0.3 is 0 Å². The van der Waals surface area contributed by atoms with E-state index in [-0.39, 0.29) is 6.04 Å². The molecule has 0 aliphatic heterocycles. The molecule has 4 heteroatoms. The lowest BCUT2D eigenvalue weighted by Crippen LogP contribution is -2.14. The van der Waals surface area contributed by atoms with Gasteiger partial charge in [-0.2, -0.15) is 0 Å². The standard InChI is InChI=1S/C13H19N3O/c1-3-6-14-8-12-9-16(10-15-12)11(2)13-5-4-7-17-13/h4-5,7,9-11,14H,3,6,8H2,1-2H3. The lowest BCUT2D eigenvalue weighted by molar-refractivity contribution is 0.445. The van der Waals surface area contributed by atoms with Gasteiger partial charge in [-0.05, 0) is 32.0 Å². The molecule has 0 saturated carbocycles. The Bertz CT molecular complexity index is 433. The highest BCUT2D eigenvalue weighted by Gasteiger charge is 2.10. The Morgan fingerprint density at radius 2 is 2.41 bits per heavy atom. The van der Waals surface area contributed by atoms with Crippen molar-refractivity contribution in [2.45, 2.75) is 32.9 Å². The van der Waals surface area contributed by atoms with Gasteiger partial charge in [0.2, 0.25) is 0 Å². The first-order valence-corrected chi connectivity index (χ1v) is 6.07. The summed E-state index contributed by atoms with van der Waals surface area (Å²) in [5.74, 6) is 0.954. The molecule has 2 rings (SSSR count). The number of imidazole rings is 1. The van der Waals surface area contributed by atoms with Crippen molar-refractivity contribution in [3.63, 3.8) is 0 Å². The Morgan fingerprint density at radius 1 is 1.53 bits per heavy atom. The van der Waals surface area contributed by atoms with Gasteiger partial charge in [0, 0.05) is 12.7 Å². The van der Waals surface area contributed by atoms with Crippen LogP contribution in [0.4, 0.5) is 0 Å². The molecule has 2 aromatic rings. The highest BCUT2D eigenvalue weighted by Crippen LogP contribution is 2.18. The third-order valence-electron chi connectivity index (χ3n) is 2.79. The molecule has 92 valence electrons. The van der Waals surface area contributed by atoms with Crippen LogP contribution in [0.25, 0.3) is 0 Å². The van der Waals surface area contributed by atoms with Crippen LogP contribution >= 0.6 is 0 Å². The summed E-state index contributed by atoms with van der Waals surface area (Å²) in [6.07, 6.45) is 6.77. The molecular formula is C13H19N3O.